The van der Waals surface area contributed by atoms with Crippen LogP contribution in [0.3, 0.4) is 0 Å². The molecular formula is C16H16N4O4. The van der Waals surface area contributed by atoms with E-state index in [1.54, 1.807) is 42.5 Å². The molecule has 3 amide bonds. The van der Waals surface area contributed by atoms with Gasteiger partial charge in [0, 0.05) is 5.56 Å². The molecule has 1 aromatic heterocycles. The van der Waals surface area contributed by atoms with Crippen LogP contribution in [0.25, 0.3) is 0 Å². The first kappa shape index (κ1) is 16.9. The van der Waals surface area contributed by atoms with Gasteiger partial charge in [-0.2, -0.15) is 5.10 Å². The second-order valence-electron chi connectivity index (χ2n) is 4.63. The number of nitrogens with one attached hydrogen (secondary N) is 3. The van der Waals surface area contributed by atoms with Crippen LogP contribution in [0.1, 0.15) is 16.1 Å². The maximum absolute atomic E-state index is 11.7. The number of nitrogens with zero attached hydrogens (tertiary/aromatic N) is 1. The van der Waals surface area contributed by atoms with Crippen molar-refractivity contribution in [2.24, 2.45) is 5.10 Å². The molecule has 0 saturated carbocycles. The van der Waals surface area contributed by atoms with E-state index in [9.17, 15) is 14.4 Å². The van der Waals surface area contributed by atoms with Crippen LogP contribution in [0.5, 0.6) is 0 Å². The van der Waals surface area contributed by atoms with E-state index in [0.29, 0.717) is 11.3 Å². The molecule has 0 radical (unpaired) electrons. The van der Waals surface area contributed by atoms with Crippen LogP contribution in [-0.4, -0.2) is 37.0 Å². The molecule has 0 spiro atoms. The summed E-state index contributed by atoms with van der Waals surface area (Å²) < 4.78 is 4.99. The first-order chi connectivity index (χ1) is 11.6. The molecule has 0 bridgehead atoms. The Morgan fingerprint density at radius 1 is 0.958 bits per heavy atom. The van der Waals surface area contributed by atoms with E-state index in [1.807, 2.05) is 0 Å². The number of benzene rings is 1. The van der Waals surface area contributed by atoms with Gasteiger partial charge in [-0.25, -0.2) is 5.43 Å². The van der Waals surface area contributed by atoms with Gasteiger partial charge in [0.2, 0.25) is 5.91 Å². The van der Waals surface area contributed by atoms with Gasteiger partial charge in [-0.1, -0.05) is 18.2 Å². The van der Waals surface area contributed by atoms with Crippen molar-refractivity contribution in [3.8, 4) is 0 Å². The molecule has 124 valence electrons. The highest BCUT2D eigenvalue weighted by Crippen LogP contribution is 1.97. The Balaban J connectivity index is 1.64. The van der Waals surface area contributed by atoms with Gasteiger partial charge in [-0.3, -0.25) is 14.4 Å². The number of hydrogen-bond acceptors (Lipinski definition) is 5. The maximum atomic E-state index is 11.7. The molecule has 0 unspecified atom stereocenters. The van der Waals surface area contributed by atoms with E-state index < -0.39 is 11.8 Å². The summed E-state index contributed by atoms with van der Waals surface area (Å²) in [6.07, 6.45) is 2.81. The molecule has 2 rings (SSSR count). The third-order valence-electron chi connectivity index (χ3n) is 2.82. The zero-order valence-corrected chi connectivity index (χ0v) is 12.7. The Morgan fingerprint density at radius 3 is 2.42 bits per heavy atom. The van der Waals surface area contributed by atoms with Gasteiger partial charge in [-0.05, 0) is 24.3 Å². The lowest BCUT2D eigenvalue weighted by atomic mass is 10.2. The smallest absolute Gasteiger partial charge is 0.259 e. The first-order valence-corrected chi connectivity index (χ1v) is 7.10. The number of amides is 3. The average molecular weight is 328 g/mol. The molecule has 2 aromatic rings. The zero-order chi connectivity index (χ0) is 17.2. The SMILES string of the molecule is O=C(CNC(=O)c1ccccc1)NCC(=O)N/N=C\c1ccco1. The Bertz CT molecular complexity index is 711. The molecule has 0 saturated heterocycles. The number of hydrogen-bond donors (Lipinski definition) is 3. The molecular weight excluding hydrogens is 312 g/mol. The minimum atomic E-state index is -0.499. The first-order valence-electron chi connectivity index (χ1n) is 7.10. The van der Waals surface area contributed by atoms with Gasteiger partial charge in [0.15, 0.2) is 0 Å². The van der Waals surface area contributed by atoms with Gasteiger partial charge >= 0.3 is 0 Å². The van der Waals surface area contributed by atoms with Gasteiger partial charge in [0.05, 0.1) is 25.6 Å². The lowest BCUT2D eigenvalue weighted by Crippen LogP contribution is -2.41. The molecule has 0 atom stereocenters. The number of hydrazone groups is 1. The van der Waals surface area contributed by atoms with Crippen LogP contribution < -0.4 is 16.1 Å². The minimum Gasteiger partial charge on any atom is -0.463 e. The number of carbonyl (C=O) groups excluding carboxylic acids is 3. The number of carbonyl (C=O) groups is 3. The van der Waals surface area contributed by atoms with E-state index in [-0.39, 0.29) is 19.0 Å². The van der Waals surface area contributed by atoms with Gasteiger partial charge < -0.3 is 15.1 Å². The van der Waals surface area contributed by atoms with Crippen molar-refractivity contribution >= 4 is 23.9 Å². The summed E-state index contributed by atoms with van der Waals surface area (Å²) in [6.45, 7) is -0.480. The van der Waals surface area contributed by atoms with Crippen molar-refractivity contribution in [2.45, 2.75) is 0 Å². The zero-order valence-electron chi connectivity index (χ0n) is 12.7. The van der Waals surface area contributed by atoms with Crippen molar-refractivity contribution in [3.63, 3.8) is 0 Å². The average Bonchev–Trinajstić information content (AvgIpc) is 3.12. The summed E-state index contributed by atoms with van der Waals surface area (Å²) >= 11 is 0. The molecule has 1 heterocycles. The van der Waals surface area contributed by atoms with E-state index in [2.05, 4.69) is 21.2 Å². The molecule has 0 aliphatic heterocycles. The third-order valence-corrected chi connectivity index (χ3v) is 2.82. The summed E-state index contributed by atoms with van der Waals surface area (Å²) in [5.74, 6) is -0.855. The van der Waals surface area contributed by atoms with Crippen molar-refractivity contribution in [3.05, 3.63) is 60.1 Å². The Labute approximate surface area is 137 Å². The Kier molecular flexibility index (Phi) is 6.27. The molecule has 8 heteroatoms. The summed E-state index contributed by atoms with van der Waals surface area (Å²) in [5, 5.41) is 8.50. The maximum Gasteiger partial charge on any atom is 0.259 e. The number of rotatable bonds is 7. The highest BCUT2D eigenvalue weighted by Gasteiger charge is 2.08. The molecule has 8 nitrogen and oxygen atoms in total. The van der Waals surface area contributed by atoms with E-state index in [1.165, 1.54) is 12.5 Å². The lowest BCUT2D eigenvalue weighted by molar-refractivity contribution is -0.125. The highest BCUT2D eigenvalue weighted by molar-refractivity contribution is 5.96. The van der Waals surface area contributed by atoms with Crippen LogP contribution in [-0.2, 0) is 9.59 Å². The molecule has 24 heavy (non-hydrogen) atoms. The molecule has 0 aliphatic carbocycles. The topological polar surface area (TPSA) is 113 Å². The molecule has 0 fully saturated rings. The van der Waals surface area contributed by atoms with E-state index in [4.69, 9.17) is 4.42 Å². The van der Waals surface area contributed by atoms with Gasteiger partial charge in [0.1, 0.15) is 5.76 Å². The standard InChI is InChI=1S/C16H16N4O4/c21-14(10-18-16(23)12-5-2-1-3-6-12)17-11-15(22)20-19-9-13-7-4-8-24-13/h1-9H,10-11H2,(H,17,21)(H,18,23)(H,20,22)/b19-9-. The summed E-state index contributed by atoms with van der Waals surface area (Å²) in [7, 11) is 0. The van der Waals surface area contributed by atoms with Crippen molar-refractivity contribution < 1.29 is 18.8 Å². The van der Waals surface area contributed by atoms with Crippen LogP contribution in [0.4, 0.5) is 0 Å². The van der Waals surface area contributed by atoms with Gasteiger partial charge in [0.25, 0.3) is 11.8 Å². The number of furan rings is 1. The minimum absolute atomic E-state index is 0.226. The second kappa shape index (κ2) is 8.89. The lowest BCUT2D eigenvalue weighted by Gasteiger charge is -2.06. The Hall–Kier alpha value is -3.42. The third kappa shape index (κ3) is 5.76. The molecule has 3 N–H and O–H groups in total. The fourth-order valence-electron chi connectivity index (χ4n) is 1.67. The van der Waals surface area contributed by atoms with Crippen molar-refractivity contribution in [1.82, 2.24) is 16.1 Å². The predicted octanol–water partition coefficient (Wildman–Crippen LogP) is 0.276. The largest absolute Gasteiger partial charge is 0.463 e. The van der Waals surface area contributed by atoms with Crippen molar-refractivity contribution in [1.29, 1.82) is 0 Å². The monoisotopic (exact) mass is 328 g/mol. The fraction of sp³-hybridized carbons (Fsp3) is 0.125. The summed E-state index contributed by atoms with van der Waals surface area (Å²) in [5.41, 5.74) is 2.69. The van der Waals surface area contributed by atoms with Crippen molar-refractivity contribution in [2.75, 3.05) is 13.1 Å². The fourth-order valence-corrected chi connectivity index (χ4v) is 1.67. The van der Waals surface area contributed by atoms with Crippen LogP contribution in [0.15, 0.2) is 58.2 Å². The molecule has 0 aliphatic rings. The molecule has 1 aromatic carbocycles. The summed E-state index contributed by atoms with van der Waals surface area (Å²) in [4.78, 5) is 34.8. The normalized spacial score (nSPS) is 10.3. The van der Waals surface area contributed by atoms with Gasteiger partial charge in [-0.15, -0.1) is 0 Å². The summed E-state index contributed by atoms with van der Waals surface area (Å²) in [6, 6.07) is 11.9. The predicted molar refractivity (Wildman–Crippen MR) is 86.2 cm³/mol. The van der Waals surface area contributed by atoms with Crippen LogP contribution in [0, 0.1) is 0 Å². The second-order valence-corrected chi connectivity index (χ2v) is 4.63. The van der Waals surface area contributed by atoms with Crippen LogP contribution >= 0.6 is 0 Å². The van der Waals surface area contributed by atoms with E-state index >= 15 is 0 Å². The highest BCUT2D eigenvalue weighted by atomic mass is 16.3. The van der Waals surface area contributed by atoms with Crippen LogP contribution in [0.2, 0.25) is 0 Å². The quantitative estimate of drug-likeness (QED) is 0.500. The Morgan fingerprint density at radius 2 is 1.71 bits per heavy atom. The van der Waals surface area contributed by atoms with E-state index in [0.717, 1.165) is 0 Å².